The maximum absolute atomic E-state index is 13.9. The number of carbonyl (C=O) groups is 1. The van der Waals surface area contributed by atoms with E-state index in [9.17, 15) is 9.18 Å². The molecule has 0 aliphatic rings. The number of benzene rings is 1. The average Bonchev–Trinajstić information content (AvgIpc) is 2.41. The fourth-order valence-corrected chi connectivity index (χ4v) is 1.86. The molecule has 1 unspecified atom stereocenters. The van der Waals surface area contributed by atoms with Gasteiger partial charge < -0.3 is 15.2 Å². The summed E-state index contributed by atoms with van der Waals surface area (Å²) in [6, 6.07) is 4.62. The van der Waals surface area contributed by atoms with E-state index < -0.39 is 17.9 Å². The SMILES string of the molecule is CCCNCc1cccc(F)c1OC(CCC)C(=O)O. The molecule has 2 N–H and O–H groups in total. The first-order valence-electron chi connectivity index (χ1n) is 6.97. The van der Waals surface area contributed by atoms with Crippen molar-refractivity contribution in [3.05, 3.63) is 29.6 Å². The number of carboxylic acids is 1. The Morgan fingerprint density at radius 3 is 2.75 bits per heavy atom. The Morgan fingerprint density at radius 2 is 2.15 bits per heavy atom. The molecule has 0 bridgehead atoms. The van der Waals surface area contributed by atoms with Gasteiger partial charge in [0, 0.05) is 12.1 Å². The topological polar surface area (TPSA) is 58.6 Å². The Morgan fingerprint density at radius 1 is 1.40 bits per heavy atom. The van der Waals surface area contributed by atoms with Gasteiger partial charge >= 0.3 is 5.97 Å². The molecule has 0 saturated carbocycles. The van der Waals surface area contributed by atoms with Crippen LogP contribution >= 0.6 is 0 Å². The molecule has 0 heterocycles. The molecule has 1 atom stereocenters. The van der Waals surface area contributed by atoms with Crippen LogP contribution < -0.4 is 10.1 Å². The first-order valence-corrected chi connectivity index (χ1v) is 6.97. The monoisotopic (exact) mass is 283 g/mol. The fourth-order valence-electron chi connectivity index (χ4n) is 1.86. The van der Waals surface area contributed by atoms with E-state index in [1.165, 1.54) is 6.07 Å². The van der Waals surface area contributed by atoms with Crippen LogP contribution in [0.4, 0.5) is 4.39 Å². The lowest BCUT2D eigenvalue weighted by atomic mass is 10.1. The van der Waals surface area contributed by atoms with Gasteiger partial charge in [-0.15, -0.1) is 0 Å². The zero-order valence-corrected chi connectivity index (χ0v) is 12.0. The molecule has 112 valence electrons. The molecular weight excluding hydrogens is 261 g/mol. The minimum atomic E-state index is -1.07. The van der Waals surface area contributed by atoms with Crippen molar-refractivity contribution in [2.24, 2.45) is 0 Å². The number of ether oxygens (including phenoxy) is 1. The number of nitrogens with one attached hydrogen (secondary N) is 1. The van der Waals surface area contributed by atoms with Gasteiger partial charge in [0.1, 0.15) is 0 Å². The lowest BCUT2D eigenvalue weighted by Crippen LogP contribution is -2.28. The van der Waals surface area contributed by atoms with E-state index >= 15 is 0 Å². The summed E-state index contributed by atoms with van der Waals surface area (Å²) in [5, 5.41) is 12.3. The minimum Gasteiger partial charge on any atom is -0.479 e. The molecule has 0 aromatic heterocycles. The maximum Gasteiger partial charge on any atom is 0.344 e. The van der Waals surface area contributed by atoms with Gasteiger partial charge in [0.05, 0.1) is 0 Å². The predicted molar refractivity (Wildman–Crippen MR) is 75.4 cm³/mol. The van der Waals surface area contributed by atoms with Crippen molar-refractivity contribution in [2.45, 2.75) is 45.8 Å². The summed E-state index contributed by atoms with van der Waals surface area (Å²) in [4.78, 5) is 11.1. The van der Waals surface area contributed by atoms with Crippen LogP contribution in [-0.4, -0.2) is 23.7 Å². The second-order valence-corrected chi connectivity index (χ2v) is 4.64. The number of hydrogen-bond acceptors (Lipinski definition) is 3. The lowest BCUT2D eigenvalue weighted by molar-refractivity contribution is -0.145. The molecule has 0 amide bonds. The lowest BCUT2D eigenvalue weighted by Gasteiger charge is -2.18. The van der Waals surface area contributed by atoms with Crippen molar-refractivity contribution in [3.8, 4) is 5.75 Å². The molecule has 20 heavy (non-hydrogen) atoms. The smallest absolute Gasteiger partial charge is 0.344 e. The Hall–Kier alpha value is -1.62. The summed E-state index contributed by atoms with van der Waals surface area (Å²) < 4.78 is 19.3. The first-order chi connectivity index (χ1) is 9.60. The van der Waals surface area contributed by atoms with E-state index in [0.717, 1.165) is 13.0 Å². The van der Waals surface area contributed by atoms with Crippen LogP contribution in [0.2, 0.25) is 0 Å². The van der Waals surface area contributed by atoms with Crippen LogP contribution in [0.25, 0.3) is 0 Å². The number of aliphatic carboxylic acids is 1. The van der Waals surface area contributed by atoms with Gasteiger partial charge in [0.25, 0.3) is 0 Å². The van der Waals surface area contributed by atoms with E-state index in [2.05, 4.69) is 5.32 Å². The zero-order chi connectivity index (χ0) is 15.0. The van der Waals surface area contributed by atoms with Crippen LogP contribution in [0.5, 0.6) is 5.75 Å². The first kappa shape index (κ1) is 16.4. The molecule has 0 aliphatic heterocycles. The summed E-state index contributed by atoms with van der Waals surface area (Å²) in [6.45, 7) is 5.18. The van der Waals surface area contributed by atoms with Crippen molar-refractivity contribution in [1.82, 2.24) is 5.32 Å². The van der Waals surface area contributed by atoms with Crippen LogP contribution in [0.1, 0.15) is 38.7 Å². The van der Waals surface area contributed by atoms with Crippen LogP contribution in [0, 0.1) is 5.82 Å². The van der Waals surface area contributed by atoms with E-state index in [-0.39, 0.29) is 5.75 Å². The Bertz CT molecular complexity index is 437. The molecule has 0 fully saturated rings. The molecule has 1 aromatic rings. The summed E-state index contributed by atoms with van der Waals surface area (Å²) in [7, 11) is 0. The van der Waals surface area contributed by atoms with Crippen molar-refractivity contribution >= 4 is 5.97 Å². The Labute approximate surface area is 119 Å². The van der Waals surface area contributed by atoms with Gasteiger partial charge in [0.15, 0.2) is 17.7 Å². The van der Waals surface area contributed by atoms with E-state index in [1.807, 2.05) is 13.8 Å². The highest BCUT2D eigenvalue weighted by Crippen LogP contribution is 2.25. The van der Waals surface area contributed by atoms with Crippen LogP contribution in [0.15, 0.2) is 18.2 Å². The molecular formula is C15H22FNO3. The van der Waals surface area contributed by atoms with Crippen molar-refractivity contribution in [3.63, 3.8) is 0 Å². The predicted octanol–water partition coefficient (Wildman–Crippen LogP) is 2.96. The molecule has 4 nitrogen and oxygen atoms in total. The van der Waals surface area contributed by atoms with Crippen LogP contribution in [0.3, 0.4) is 0 Å². The Balaban J connectivity index is 2.87. The van der Waals surface area contributed by atoms with Crippen molar-refractivity contribution in [1.29, 1.82) is 0 Å². The van der Waals surface area contributed by atoms with Gasteiger partial charge in [-0.3, -0.25) is 0 Å². The van der Waals surface area contributed by atoms with Gasteiger partial charge in [-0.25, -0.2) is 9.18 Å². The largest absolute Gasteiger partial charge is 0.479 e. The van der Waals surface area contributed by atoms with Crippen LogP contribution in [-0.2, 0) is 11.3 Å². The minimum absolute atomic E-state index is 0.0388. The van der Waals surface area contributed by atoms with Gasteiger partial charge in [-0.2, -0.15) is 0 Å². The van der Waals surface area contributed by atoms with E-state index in [0.29, 0.717) is 24.9 Å². The van der Waals surface area contributed by atoms with Gasteiger partial charge in [-0.05, 0) is 25.5 Å². The summed E-state index contributed by atoms with van der Waals surface area (Å²) in [6.07, 6.45) is 0.973. The molecule has 0 aliphatic carbocycles. The van der Waals surface area contributed by atoms with Crippen molar-refractivity contribution in [2.75, 3.05) is 6.54 Å². The number of halogens is 1. The maximum atomic E-state index is 13.9. The standard InChI is InChI=1S/C15H22FNO3/c1-3-6-13(15(18)19)20-14-11(10-17-9-4-2)7-5-8-12(14)16/h5,7-8,13,17H,3-4,6,9-10H2,1-2H3,(H,18,19). The molecule has 0 saturated heterocycles. The molecule has 5 heteroatoms. The summed E-state index contributed by atoms with van der Waals surface area (Å²) in [5.41, 5.74) is 0.640. The third-order valence-corrected chi connectivity index (χ3v) is 2.88. The highest BCUT2D eigenvalue weighted by Gasteiger charge is 2.21. The fraction of sp³-hybridized carbons (Fsp3) is 0.533. The average molecular weight is 283 g/mol. The second-order valence-electron chi connectivity index (χ2n) is 4.64. The quantitative estimate of drug-likeness (QED) is 0.684. The van der Waals surface area contributed by atoms with Crippen molar-refractivity contribution < 1.29 is 19.0 Å². The number of carboxylic acid groups (broad SMARTS) is 1. The summed E-state index contributed by atoms with van der Waals surface area (Å²) >= 11 is 0. The second kappa shape index (κ2) is 8.53. The summed E-state index contributed by atoms with van der Waals surface area (Å²) in [5.74, 6) is -1.55. The highest BCUT2D eigenvalue weighted by molar-refractivity contribution is 5.72. The normalized spacial score (nSPS) is 12.2. The molecule has 0 spiro atoms. The van der Waals surface area contributed by atoms with Gasteiger partial charge in [-0.1, -0.05) is 32.4 Å². The zero-order valence-electron chi connectivity index (χ0n) is 12.0. The van der Waals surface area contributed by atoms with E-state index in [1.54, 1.807) is 12.1 Å². The number of hydrogen-bond donors (Lipinski definition) is 2. The number of rotatable bonds is 9. The van der Waals surface area contributed by atoms with E-state index in [4.69, 9.17) is 9.84 Å². The third-order valence-electron chi connectivity index (χ3n) is 2.88. The molecule has 0 radical (unpaired) electrons. The number of para-hydroxylation sites is 1. The molecule has 1 aromatic carbocycles. The molecule has 1 rings (SSSR count). The van der Waals surface area contributed by atoms with Gasteiger partial charge in [0.2, 0.25) is 0 Å². The Kier molecular flexibility index (Phi) is 7.01. The third kappa shape index (κ3) is 4.81. The highest BCUT2D eigenvalue weighted by atomic mass is 19.1.